The summed E-state index contributed by atoms with van der Waals surface area (Å²) in [6.07, 6.45) is 0. The number of fused-ring (bicyclic) bond motifs is 1. The third-order valence-electron chi connectivity index (χ3n) is 2.66. The van der Waals surface area contributed by atoms with Gasteiger partial charge in [0.05, 0.1) is 18.3 Å². The van der Waals surface area contributed by atoms with Crippen molar-refractivity contribution < 1.29 is 9.59 Å². The first-order valence-corrected chi connectivity index (χ1v) is 5.63. The second-order valence-electron chi connectivity index (χ2n) is 3.99. The predicted octanol–water partition coefficient (Wildman–Crippen LogP) is 0.414. The molecular formula is C11H16ClN5O2. The summed E-state index contributed by atoms with van der Waals surface area (Å²) in [7, 11) is 1.71. The molecular weight excluding hydrogens is 270 g/mol. The van der Waals surface area contributed by atoms with Crippen molar-refractivity contribution in [2.45, 2.75) is 13.0 Å². The Bertz CT molecular complexity index is 494. The van der Waals surface area contributed by atoms with E-state index in [1.807, 2.05) is 0 Å². The number of nitrogens with zero attached hydrogens (tertiary/aromatic N) is 1. The van der Waals surface area contributed by atoms with Crippen LogP contribution < -0.4 is 21.3 Å². The van der Waals surface area contributed by atoms with Crippen LogP contribution in [0.3, 0.4) is 0 Å². The lowest BCUT2D eigenvalue weighted by Gasteiger charge is -2.18. The van der Waals surface area contributed by atoms with Gasteiger partial charge in [-0.15, -0.1) is 12.4 Å². The normalized spacial score (nSPS) is 14.3. The molecule has 0 aliphatic carbocycles. The molecule has 7 nitrogen and oxygen atoms in total. The molecule has 1 aliphatic heterocycles. The maximum atomic E-state index is 11.7. The van der Waals surface area contributed by atoms with Gasteiger partial charge in [-0.05, 0) is 26.1 Å². The second kappa shape index (κ2) is 6.35. The summed E-state index contributed by atoms with van der Waals surface area (Å²) in [5, 5.41) is 11.1. The van der Waals surface area contributed by atoms with Crippen LogP contribution in [-0.2, 0) is 9.59 Å². The molecule has 4 N–H and O–H groups in total. The molecule has 0 fully saturated rings. The van der Waals surface area contributed by atoms with E-state index in [1.165, 1.54) is 0 Å². The van der Waals surface area contributed by atoms with Crippen molar-refractivity contribution in [3.05, 3.63) is 12.1 Å². The largest absolute Gasteiger partial charge is 0.359 e. The standard InChI is InChI=1S/C11H15N5O2.ClH/c1-6(12-2)11(18)16-8-4-3-7-10(15-8)13-5-9(17)14-7;/h3-4,6,12H,5H2,1-2H3,(H,14,17)(H2,13,15,16,18);1H/t6-;/m0./s1. The lowest BCUT2D eigenvalue weighted by Crippen LogP contribution is -2.36. The Morgan fingerprint density at radius 3 is 2.89 bits per heavy atom. The molecule has 2 rings (SSSR count). The van der Waals surface area contributed by atoms with E-state index in [0.717, 1.165) is 0 Å². The molecule has 1 aliphatic rings. The van der Waals surface area contributed by atoms with Crippen LogP contribution in [0.5, 0.6) is 0 Å². The maximum Gasteiger partial charge on any atom is 0.243 e. The van der Waals surface area contributed by atoms with Crippen LogP contribution in [0.25, 0.3) is 0 Å². The van der Waals surface area contributed by atoms with E-state index < -0.39 is 0 Å². The van der Waals surface area contributed by atoms with Crippen LogP contribution in [0.15, 0.2) is 12.1 Å². The van der Waals surface area contributed by atoms with Crippen LogP contribution in [0.2, 0.25) is 0 Å². The van der Waals surface area contributed by atoms with Gasteiger partial charge in [0.1, 0.15) is 5.82 Å². The third-order valence-corrected chi connectivity index (χ3v) is 2.66. The zero-order chi connectivity index (χ0) is 13.1. The van der Waals surface area contributed by atoms with Crippen molar-refractivity contribution in [1.29, 1.82) is 0 Å². The quantitative estimate of drug-likeness (QED) is 0.645. The molecule has 0 saturated carbocycles. The van der Waals surface area contributed by atoms with Gasteiger partial charge in [0.25, 0.3) is 0 Å². The minimum atomic E-state index is -0.296. The summed E-state index contributed by atoms with van der Waals surface area (Å²) in [5.41, 5.74) is 0.617. The number of hydrogen-bond acceptors (Lipinski definition) is 5. The summed E-state index contributed by atoms with van der Waals surface area (Å²) in [4.78, 5) is 27.0. The molecule has 0 spiro atoms. The monoisotopic (exact) mass is 285 g/mol. The van der Waals surface area contributed by atoms with Gasteiger partial charge in [-0.3, -0.25) is 9.59 Å². The minimum Gasteiger partial charge on any atom is -0.359 e. The molecule has 0 bridgehead atoms. The Morgan fingerprint density at radius 1 is 1.47 bits per heavy atom. The van der Waals surface area contributed by atoms with Crippen LogP contribution in [0.1, 0.15) is 6.92 Å². The molecule has 104 valence electrons. The molecule has 0 aromatic carbocycles. The Labute approximate surface area is 117 Å². The zero-order valence-electron chi connectivity index (χ0n) is 10.6. The van der Waals surface area contributed by atoms with Crippen molar-refractivity contribution in [2.75, 3.05) is 29.5 Å². The third kappa shape index (κ3) is 3.55. The highest BCUT2D eigenvalue weighted by atomic mass is 35.5. The molecule has 19 heavy (non-hydrogen) atoms. The molecule has 1 atom stereocenters. The van der Waals surface area contributed by atoms with Gasteiger partial charge in [-0.25, -0.2) is 4.98 Å². The summed E-state index contributed by atoms with van der Waals surface area (Å²) < 4.78 is 0. The van der Waals surface area contributed by atoms with Crippen molar-refractivity contribution in [1.82, 2.24) is 10.3 Å². The number of nitrogens with one attached hydrogen (secondary N) is 4. The maximum absolute atomic E-state index is 11.7. The second-order valence-corrected chi connectivity index (χ2v) is 3.99. The molecule has 8 heteroatoms. The molecule has 2 heterocycles. The number of carbonyl (C=O) groups is 2. The number of pyridine rings is 1. The summed E-state index contributed by atoms with van der Waals surface area (Å²) in [6, 6.07) is 3.05. The average molecular weight is 286 g/mol. The number of rotatable bonds is 3. The highest BCUT2D eigenvalue weighted by molar-refractivity contribution is 6.00. The summed E-state index contributed by atoms with van der Waals surface area (Å²) >= 11 is 0. The number of carbonyl (C=O) groups excluding carboxylic acids is 2. The van der Waals surface area contributed by atoms with Crippen molar-refractivity contribution >= 4 is 41.5 Å². The molecule has 1 aromatic rings. The van der Waals surface area contributed by atoms with E-state index in [4.69, 9.17) is 0 Å². The fourth-order valence-electron chi connectivity index (χ4n) is 1.49. The first-order valence-electron chi connectivity index (χ1n) is 5.63. The molecule has 0 saturated heterocycles. The number of anilines is 3. The topological polar surface area (TPSA) is 95.2 Å². The van der Waals surface area contributed by atoms with Crippen molar-refractivity contribution in [3.63, 3.8) is 0 Å². The first-order chi connectivity index (χ1) is 8.60. The molecule has 0 unspecified atom stereocenters. The van der Waals surface area contributed by atoms with Gasteiger partial charge in [0, 0.05) is 0 Å². The number of hydrogen-bond donors (Lipinski definition) is 4. The highest BCUT2D eigenvalue weighted by Gasteiger charge is 2.17. The van der Waals surface area contributed by atoms with Gasteiger partial charge >= 0.3 is 0 Å². The summed E-state index contributed by atoms with van der Waals surface area (Å²) in [5.74, 6) is 0.740. The number of halogens is 1. The van der Waals surface area contributed by atoms with E-state index in [-0.39, 0.29) is 36.8 Å². The van der Waals surface area contributed by atoms with E-state index in [9.17, 15) is 9.59 Å². The van der Waals surface area contributed by atoms with Crippen LogP contribution in [-0.4, -0.2) is 36.4 Å². The van der Waals surface area contributed by atoms with E-state index in [1.54, 1.807) is 26.1 Å². The fourth-order valence-corrected chi connectivity index (χ4v) is 1.49. The average Bonchev–Trinajstić information content (AvgIpc) is 2.38. The number of likely N-dealkylation sites (N-methyl/N-ethyl adjacent to an activating group) is 1. The lowest BCUT2D eigenvalue weighted by molar-refractivity contribution is -0.117. The zero-order valence-corrected chi connectivity index (χ0v) is 11.4. The van der Waals surface area contributed by atoms with Gasteiger partial charge < -0.3 is 21.3 Å². The molecule has 2 amide bonds. The Kier molecular flexibility index (Phi) is 5.08. The van der Waals surface area contributed by atoms with E-state index in [2.05, 4.69) is 26.3 Å². The van der Waals surface area contributed by atoms with E-state index >= 15 is 0 Å². The SMILES string of the molecule is CN[C@@H](C)C(=O)Nc1ccc2c(n1)NCC(=O)N2.Cl. The van der Waals surface area contributed by atoms with E-state index in [0.29, 0.717) is 17.3 Å². The molecule has 0 radical (unpaired) electrons. The van der Waals surface area contributed by atoms with Crippen molar-refractivity contribution in [3.8, 4) is 0 Å². The first kappa shape index (κ1) is 15.2. The number of aromatic nitrogens is 1. The minimum absolute atomic E-state index is 0. The lowest BCUT2D eigenvalue weighted by atomic mass is 10.3. The van der Waals surface area contributed by atoms with Gasteiger partial charge in [-0.2, -0.15) is 0 Å². The Hall–Kier alpha value is -1.86. The highest BCUT2D eigenvalue weighted by Crippen LogP contribution is 2.24. The van der Waals surface area contributed by atoms with Gasteiger partial charge in [-0.1, -0.05) is 0 Å². The summed E-state index contributed by atoms with van der Waals surface area (Å²) in [6.45, 7) is 1.94. The smallest absolute Gasteiger partial charge is 0.243 e. The Balaban J connectivity index is 0.00000180. The van der Waals surface area contributed by atoms with Gasteiger partial charge in [0.2, 0.25) is 11.8 Å². The molecule has 1 aromatic heterocycles. The predicted molar refractivity (Wildman–Crippen MR) is 75.8 cm³/mol. The van der Waals surface area contributed by atoms with Gasteiger partial charge in [0.15, 0.2) is 5.82 Å². The van der Waals surface area contributed by atoms with Crippen LogP contribution >= 0.6 is 12.4 Å². The fraction of sp³-hybridized carbons (Fsp3) is 0.364. The van der Waals surface area contributed by atoms with Crippen LogP contribution in [0.4, 0.5) is 17.3 Å². The Morgan fingerprint density at radius 2 is 2.21 bits per heavy atom. The van der Waals surface area contributed by atoms with Crippen LogP contribution in [0, 0.1) is 0 Å². The number of amides is 2. The van der Waals surface area contributed by atoms with Crippen molar-refractivity contribution in [2.24, 2.45) is 0 Å².